The molecule has 3 heterocycles. The summed E-state index contributed by atoms with van der Waals surface area (Å²) in [7, 11) is 0. The fourth-order valence-electron chi connectivity index (χ4n) is 2.75. The van der Waals surface area contributed by atoms with Crippen LogP contribution in [0.5, 0.6) is 0 Å². The van der Waals surface area contributed by atoms with Gasteiger partial charge in [0.2, 0.25) is 0 Å². The van der Waals surface area contributed by atoms with Gasteiger partial charge in [-0.1, -0.05) is 0 Å². The zero-order valence-corrected chi connectivity index (χ0v) is 14.1. The smallest absolute Gasteiger partial charge is 0.271 e. The number of nitrogens with zero attached hydrogens (tertiary/aromatic N) is 3. The van der Waals surface area contributed by atoms with Gasteiger partial charge in [-0.25, -0.2) is 9.97 Å². The molecule has 1 aliphatic carbocycles. The number of amides is 1. The van der Waals surface area contributed by atoms with Gasteiger partial charge >= 0.3 is 0 Å². The SMILES string of the molecule is Cc1csc2ncc(C(=O)Nc3nc4c(s3)CCCC4)c(=O)n12. The third-order valence-corrected chi connectivity index (χ3v) is 5.96. The van der Waals surface area contributed by atoms with Gasteiger partial charge in [0.25, 0.3) is 11.5 Å². The maximum absolute atomic E-state index is 12.5. The molecule has 0 bridgehead atoms. The molecule has 0 aromatic carbocycles. The predicted octanol–water partition coefficient (Wildman–Crippen LogP) is 2.65. The number of fused-ring (bicyclic) bond motifs is 2. The van der Waals surface area contributed by atoms with E-state index in [-0.39, 0.29) is 11.1 Å². The Morgan fingerprint density at radius 3 is 3.00 bits per heavy atom. The number of nitrogens with one attached hydrogen (secondary N) is 1. The van der Waals surface area contributed by atoms with E-state index < -0.39 is 5.91 Å². The van der Waals surface area contributed by atoms with E-state index in [1.54, 1.807) is 0 Å². The molecular weight excluding hydrogens is 332 g/mol. The molecule has 0 unspecified atom stereocenters. The van der Waals surface area contributed by atoms with Crippen LogP contribution in [-0.4, -0.2) is 20.3 Å². The number of carbonyl (C=O) groups is 1. The van der Waals surface area contributed by atoms with Crippen molar-refractivity contribution in [2.24, 2.45) is 0 Å². The van der Waals surface area contributed by atoms with Crippen LogP contribution in [0.15, 0.2) is 16.4 Å². The highest BCUT2D eigenvalue weighted by atomic mass is 32.1. The molecule has 3 aromatic heterocycles. The Hall–Kier alpha value is -2.06. The molecule has 1 N–H and O–H groups in total. The summed E-state index contributed by atoms with van der Waals surface area (Å²) in [5, 5.41) is 5.16. The normalized spacial score (nSPS) is 14.0. The van der Waals surface area contributed by atoms with E-state index in [1.165, 1.54) is 44.6 Å². The predicted molar refractivity (Wildman–Crippen MR) is 90.8 cm³/mol. The summed E-state index contributed by atoms with van der Waals surface area (Å²) >= 11 is 2.88. The minimum Gasteiger partial charge on any atom is -0.298 e. The Morgan fingerprint density at radius 1 is 1.35 bits per heavy atom. The topological polar surface area (TPSA) is 76.4 Å². The van der Waals surface area contributed by atoms with Crippen molar-refractivity contribution in [2.75, 3.05) is 5.32 Å². The van der Waals surface area contributed by atoms with Crippen LogP contribution in [-0.2, 0) is 12.8 Å². The van der Waals surface area contributed by atoms with Crippen LogP contribution in [0.3, 0.4) is 0 Å². The summed E-state index contributed by atoms with van der Waals surface area (Å²) in [4.78, 5) is 35.4. The molecule has 4 rings (SSSR count). The summed E-state index contributed by atoms with van der Waals surface area (Å²) < 4.78 is 1.46. The Balaban J connectivity index is 1.67. The first kappa shape index (κ1) is 14.5. The number of aromatic nitrogens is 3. The molecule has 0 saturated heterocycles. The molecule has 23 heavy (non-hydrogen) atoms. The van der Waals surface area contributed by atoms with Crippen molar-refractivity contribution >= 4 is 38.7 Å². The van der Waals surface area contributed by atoms with Crippen molar-refractivity contribution < 1.29 is 4.79 Å². The highest BCUT2D eigenvalue weighted by Gasteiger charge is 2.19. The van der Waals surface area contributed by atoms with Gasteiger partial charge in [0.05, 0.1) is 5.69 Å². The van der Waals surface area contributed by atoms with Crippen molar-refractivity contribution in [3.8, 4) is 0 Å². The third kappa shape index (κ3) is 2.47. The fourth-order valence-corrected chi connectivity index (χ4v) is 4.62. The first-order valence-electron chi connectivity index (χ1n) is 7.39. The maximum atomic E-state index is 12.5. The monoisotopic (exact) mass is 346 g/mol. The molecule has 6 nitrogen and oxygen atoms in total. The second-order valence-electron chi connectivity index (χ2n) is 5.52. The van der Waals surface area contributed by atoms with Gasteiger partial charge in [0, 0.05) is 22.1 Å². The molecule has 0 saturated carbocycles. The molecular formula is C15H14N4O2S2. The number of thiazole rings is 2. The average molecular weight is 346 g/mol. The van der Waals surface area contributed by atoms with Crippen molar-refractivity contribution in [2.45, 2.75) is 32.6 Å². The number of hydrogen-bond donors (Lipinski definition) is 1. The third-order valence-electron chi connectivity index (χ3n) is 3.93. The standard InChI is InChI=1S/C15H14N4O2S2/c1-8-7-22-15-16-6-9(13(21)19(8)15)12(20)18-14-17-10-4-2-3-5-11(10)23-14/h6-7H,2-5H2,1H3,(H,17,18,20). The van der Waals surface area contributed by atoms with Gasteiger partial charge in [-0.3, -0.25) is 19.3 Å². The molecule has 0 spiro atoms. The highest BCUT2D eigenvalue weighted by molar-refractivity contribution is 7.16. The maximum Gasteiger partial charge on any atom is 0.271 e. The van der Waals surface area contributed by atoms with Crippen LogP contribution in [0.4, 0.5) is 5.13 Å². The largest absolute Gasteiger partial charge is 0.298 e. The summed E-state index contributed by atoms with van der Waals surface area (Å²) in [5.41, 5.74) is 1.56. The minimum absolute atomic E-state index is 0.0390. The summed E-state index contributed by atoms with van der Waals surface area (Å²) in [5.74, 6) is -0.450. The van der Waals surface area contributed by atoms with Crippen LogP contribution in [0.1, 0.15) is 39.5 Å². The van der Waals surface area contributed by atoms with Gasteiger partial charge in [0.15, 0.2) is 10.1 Å². The van der Waals surface area contributed by atoms with Gasteiger partial charge in [-0.15, -0.1) is 22.7 Å². The van der Waals surface area contributed by atoms with Crippen LogP contribution in [0.25, 0.3) is 4.96 Å². The Kier molecular flexibility index (Phi) is 3.50. The lowest BCUT2D eigenvalue weighted by Gasteiger charge is -2.06. The van der Waals surface area contributed by atoms with Gasteiger partial charge in [0.1, 0.15) is 5.56 Å². The van der Waals surface area contributed by atoms with Gasteiger partial charge in [-0.05, 0) is 32.6 Å². The van der Waals surface area contributed by atoms with E-state index in [0.29, 0.717) is 10.1 Å². The van der Waals surface area contributed by atoms with Crippen LogP contribution >= 0.6 is 22.7 Å². The summed E-state index contributed by atoms with van der Waals surface area (Å²) in [6, 6.07) is 0. The lowest BCUT2D eigenvalue weighted by molar-refractivity contribution is 0.102. The average Bonchev–Trinajstić information content (AvgIpc) is 3.11. The summed E-state index contributed by atoms with van der Waals surface area (Å²) in [6.45, 7) is 1.82. The number of hydrogen-bond acceptors (Lipinski definition) is 6. The number of rotatable bonds is 2. The molecule has 118 valence electrons. The second kappa shape index (κ2) is 5.54. The molecule has 0 radical (unpaired) electrons. The van der Waals surface area contributed by atoms with Crippen molar-refractivity contribution in [3.05, 3.63) is 43.8 Å². The van der Waals surface area contributed by atoms with E-state index >= 15 is 0 Å². The van der Waals surface area contributed by atoms with E-state index in [1.807, 2.05) is 12.3 Å². The van der Waals surface area contributed by atoms with E-state index in [0.717, 1.165) is 30.7 Å². The van der Waals surface area contributed by atoms with E-state index in [4.69, 9.17) is 0 Å². The second-order valence-corrected chi connectivity index (χ2v) is 7.44. The molecule has 3 aromatic rings. The molecule has 0 fully saturated rings. The highest BCUT2D eigenvalue weighted by Crippen LogP contribution is 2.29. The lowest BCUT2D eigenvalue weighted by atomic mass is 10.0. The van der Waals surface area contributed by atoms with E-state index in [2.05, 4.69) is 15.3 Å². The summed E-state index contributed by atoms with van der Waals surface area (Å²) in [6.07, 6.45) is 5.64. The molecule has 1 amide bonds. The Morgan fingerprint density at radius 2 is 2.17 bits per heavy atom. The quantitative estimate of drug-likeness (QED) is 0.774. The van der Waals surface area contributed by atoms with Gasteiger partial charge in [-0.2, -0.15) is 0 Å². The zero-order chi connectivity index (χ0) is 16.0. The van der Waals surface area contributed by atoms with Gasteiger partial charge < -0.3 is 0 Å². The molecule has 1 aliphatic rings. The van der Waals surface area contributed by atoms with Crippen LogP contribution in [0, 0.1) is 6.92 Å². The number of anilines is 1. The van der Waals surface area contributed by atoms with Crippen LogP contribution < -0.4 is 10.9 Å². The molecule has 8 heteroatoms. The van der Waals surface area contributed by atoms with Crippen LogP contribution in [0.2, 0.25) is 0 Å². The van der Waals surface area contributed by atoms with E-state index in [9.17, 15) is 9.59 Å². The number of carbonyl (C=O) groups excluding carboxylic acids is 1. The first-order chi connectivity index (χ1) is 11.1. The van der Waals surface area contributed by atoms with Crippen molar-refractivity contribution in [3.63, 3.8) is 0 Å². The fraction of sp³-hybridized carbons (Fsp3) is 0.333. The minimum atomic E-state index is -0.450. The van der Waals surface area contributed by atoms with Crippen molar-refractivity contribution in [1.29, 1.82) is 0 Å². The lowest BCUT2D eigenvalue weighted by Crippen LogP contribution is -2.26. The molecule has 0 aliphatic heterocycles. The Bertz CT molecular complexity index is 946. The zero-order valence-electron chi connectivity index (χ0n) is 12.5. The molecule has 0 atom stereocenters. The van der Waals surface area contributed by atoms with Crippen molar-refractivity contribution in [1.82, 2.24) is 14.4 Å². The Labute approximate surface area is 139 Å². The first-order valence-corrected chi connectivity index (χ1v) is 9.09. The number of aryl methyl sites for hydroxylation is 3.